The van der Waals surface area contributed by atoms with Crippen LogP contribution in [0.25, 0.3) is 0 Å². The number of benzene rings is 1. The molecule has 0 saturated heterocycles. The second-order valence-corrected chi connectivity index (χ2v) is 3.54. The molecule has 1 unspecified atom stereocenters. The first kappa shape index (κ1) is 12.5. The summed E-state index contributed by atoms with van der Waals surface area (Å²) in [5.41, 5.74) is 1.22. The fourth-order valence-electron chi connectivity index (χ4n) is 1.23. The number of methoxy groups -OCH3 is 1. The molecule has 0 fully saturated rings. The molecule has 1 aromatic carbocycles. The summed E-state index contributed by atoms with van der Waals surface area (Å²) >= 11 is 0. The van der Waals surface area contributed by atoms with Crippen LogP contribution in [0.3, 0.4) is 0 Å². The minimum Gasteiger partial charge on any atom is -0.466 e. The monoisotopic (exact) mass is 219 g/mol. The van der Waals surface area contributed by atoms with Gasteiger partial charge in [-0.05, 0) is 12.5 Å². The molecular formula is C13H17NO2. The standard InChI is InChI=1S/C13H17NO2/c1-11(8-9-13(15)16-2)14-10-12-6-4-3-5-7-12/h3-9,11,14H,10H2,1-2H3/b9-8+. The maximum Gasteiger partial charge on any atom is 0.330 e. The largest absolute Gasteiger partial charge is 0.466 e. The van der Waals surface area contributed by atoms with Gasteiger partial charge in [-0.3, -0.25) is 0 Å². The van der Waals surface area contributed by atoms with Crippen LogP contribution >= 0.6 is 0 Å². The lowest BCUT2D eigenvalue weighted by molar-refractivity contribution is -0.134. The van der Waals surface area contributed by atoms with Crippen molar-refractivity contribution in [1.29, 1.82) is 0 Å². The van der Waals surface area contributed by atoms with Crippen LogP contribution in [0.4, 0.5) is 0 Å². The number of hydrogen-bond acceptors (Lipinski definition) is 3. The van der Waals surface area contributed by atoms with E-state index in [2.05, 4.69) is 22.2 Å². The second kappa shape index (κ2) is 6.80. The summed E-state index contributed by atoms with van der Waals surface area (Å²) in [4.78, 5) is 10.9. The molecule has 0 spiro atoms. The quantitative estimate of drug-likeness (QED) is 0.607. The third-order valence-corrected chi connectivity index (χ3v) is 2.19. The number of rotatable bonds is 5. The minimum absolute atomic E-state index is 0.138. The van der Waals surface area contributed by atoms with Gasteiger partial charge in [0.1, 0.15) is 0 Å². The van der Waals surface area contributed by atoms with Crippen molar-refractivity contribution in [3.63, 3.8) is 0 Å². The van der Waals surface area contributed by atoms with Gasteiger partial charge in [0, 0.05) is 18.7 Å². The van der Waals surface area contributed by atoms with Gasteiger partial charge in [-0.1, -0.05) is 36.4 Å². The van der Waals surface area contributed by atoms with E-state index in [1.807, 2.05) is 25.1 Å². The highest BCUT2D eigenvalue weighted by Gasteiger charge is 1.98. The number of nitrogens with one attached hydrogen (secondary N) is 1. The molecule has 0 amide bonds. The smallest absolute Gasteiger partial charge is 0.330 e. The number of hydrogen-bond donors (Lipinski definition) is 1. The molecule has 1 atom stereocenters. The Morgan fingerprint density at radius 2 is 2.12 bits per heavy atom. The first-order valence-electron chi connectivity index (χ1n) is 5.26. The Morgan fingerprint density at radius 1 is 1.44 bits per heavy atom. The second-order valence-electron chi connectivity index (χ2n) is 3.54. The molecule has 1 N–H and O–H groups in total. The zero-order valence-corrected chi connectivity index (χ0v) is 9.64. The normalized spacial score (nSPS) is 12.6. The van der Waals surface area contributed by atoms with Gasteiger partial charge in [0.2, 0.25) is 0 Å². The fraction of sp³-hybridized carbons (Fsp3) is 0.308. The van der Waals surface area contributed by atoms with Crippen molar-refractivity contribution in [2.75, 3.05) is 7.11 Å². The average Bonchev–Trinajstić information content (AvgIpc) is 2.34. The lowest BCUT2D eigenvalue weighted by Crippen LogP contribution is -2.23. The number of carbonyl (C=O) groups excluding carboxylic acids is 1. The first-order chi connectivity index (χ1) is 7.72. The van der Waals surface area contributed by atoms with Crippen molar-refractivity contribution in [3.05, 3.63) is 48.0 Å². The fourth-order valence-corrected chi connectivity index (χ4v) is 1.23. The third kappa shape index (κ3) is 4.75. The summed E-state index contributed by atoms with van der Waals surface area (Å²) in [6.07, 6.45) is 3.22. The van der Waals surface area contributed by atoms with E-state index in [1.165, 1.54) is 18.7 Å². The molecule has 86 valence electrons. The highest BCUT2D eigenvalue weighted by molar-refractivity contribution is 5.81. The van der Waals surface area contributed by atoms with Gasteiger partial charge in [0.05, 0.1) is 7.11 Å². The Kier molecular flexibility index (Phi) is 5.29. The summed E-state index contributed by atoms with van der Waals surface area (Å²) in [6, 6.07) is 10.3. The molecule has 3 heteroatoms. The Balaban J connectivity index is 2.33. The lowest BCUT2D eigenvalue weighted by Gasteiger charge is -2.08. The van der Waals surface area contributed by atoms with E-state index >= 15 is 0 Å². The number of esters is 1. The predicted octanol–water partition coefficient (Wildman–Crippen LogP) is 1.89. The lowest BCUT2D eigenvalue weighted by atomic mass is 10.2. The van der Waals surface area contributed by atoms with Gasteiger partial charge in [0.15, 0.2) is 0 Å². The van der Waals surface area contributed by atoms with Crippen molar-refractivity contribution >= 4 is 5.97 Å². The molecule has 16 heavy (non-hydrogen) atoms. The van der Waals surface area contributed by atoms with E-state index in [-0.39, 0.29) is 12.0 Å². The molecule has 0 heterocycles. The van der Waals surface area contributed by atoms with Crippen LogP contribution in [-0.4, -0.2) is 19.1 Å². The van der Waals surface area contributed by atoms with Crippen molar-refractivity contribution in [1.82, 2.24) is 5.32 Å². The van der Waals surface area contributed by atoms with Crippen LogP contribution < -0.4 is 5.32 Å². The first-order valence-corrected chi connectivity index (χ1v) is 5.26. The number of ether oxygens (including phenoxy) is 1. The van der Waals surface area contributed by atoms with Gasteiger partial charge in [0.25, 0.3) is 0 Å². The van der Waals surface area contributed by atoms with Crippen LogP contribution in [-0.2, 0) is 16.1 Å². The average molecular weight is 219 g/mol. The highest BCUT2D eigenvalue weighted by atomic mass is 16.5. The van der Waals surface area contributed by atoms with Crippen LogP contribution in [0.15, 0.2) is 42.5 Å². The Bertz CT molecular complexity index is 346. The molecule has 0 saturated carbocycles. The zero-order chi connectivity index (χ0) is 11.8. The van der Waals surface area contributed by atoms with Gasteiger partial charge in [-0.25, -0.2) is 4.79 Å². The Hall–Kier alpha value is -1.61. The van der Waals surface area contributed by atoms with E-state index in [9.17, 15) is 4.79 Å². The Labute approximate surface area is 96.1 Å². The highest BCUT2D eigenvalue weighted by Crippen LogP contribution is 1.98. The summed E-state index contributed by atoms with van der Waals surface area (Å²) in [6.45, 7) is 2.77. The maximum absolute atomic E-state index is 10.9. The van der Waals surface area contributed by atoms with Gasteiger partial charge in [-0.15, -0.1) is 0 Å². The molecule has 0 aliphatic rings. The number of carbonyl (C=O) groups is 1. The molecule has 0 aromatic heterocycles. The van der Waals surface area contributed by atoms with E-state index < -0.39 is 0 Å². The van der Waals surface area contributed by atoms with Crippen molar-refractivity contribution in [2.45, 2.75) is 19.5 Å². The third-order valence-electron chi connectivity index (χ3n) is 2.19. The molecule has 0 bridgehead atoms. The van der Waals surface area contributed by atoms with Gasteiger partial charge < -0.3 is 10.1 Å². The maximum atomic E-state index is 10.9. The summed E-state index contributed by atoms with van der Waals surface area (Å²) in [5, 5.41) is 3.28. The summed E-state index contributed by atoms with van der Waals surface area (Å²) < 4.78 is 4.51. The molecular weight excluding hydrogens is 202 g/mol. The predicted molar refractivity (Wildman–Crippen MR) is 63.9 cm³/mol. The molecule has 0 aliphatic heterocycles. The van der Waals surface area contributed by atoms with E-state index in [0.717, 1.165) is 6.54 Å². The van der Waals surface area contributed by atoms with Crippen LogP contribution in [0.1, 0.15) is 12.5 Å². The van der Waals surface area contributed by atoms with E-state index in [4.69, 9.17) is 0 Å². The molecule has 3 nitrogen and oxygen atoms in total. The summed E-state index contributed by atoms with van der Waals surface area (Å²) in [5.74, 6) is -0.326. The van der Waals surface area contributed by atoms with Crippen LogP contribution in [0, 0.1) is 0 Å². The molecule has 1 rings (SSSR count). The van der Waals surface area contributed by atoms with Crippen LogP contribution in [0.2, 0.25) is 0 Å². The zero-order valence-electron chi connectivity index (χ0n) is 9.64. The SMILES string of the molecule is COC(=O)/C=C/C(C)NCc1ccccc1. The van der Waals surface area contributed by atoms with Gasteiger partial charge >= 0.3 is 5.97 Å². The van der Waals surface area contributed by atoms with E-state index in [1.54, 1.807) is 6.08 Å². The summed E-state index contributed by atoms with van der Waals surface area (Å²) in [7, 11) is 1.37. The molecule has 0 aliphatic carbocycles. The van der Waals surface area contributed by atoms with E-state index in [0.29, 0.717) is 0 Å². The molecule has 0 radical (unpaired) electrons. The molecule has 1 aromatic rings. The van der Waals surface area contributed by atoms with Crippen LogP contribution in [0.5, 0.6) is 0 Å². The topological polar surface area (TPSA) is 38.3 Å². The minimum atomic E-state index is -0.326. The Morgan fingerprint density at radius 3 is 2.75 bits per heavy atom. The van der Waals surface area contributed by atoms with Crippen molar-refractivity contribution in [2.24, 2.45) is 0 Å². The van der Waals surface area contributed by atoms with Crippen molar-refractivity contribution < 1.29 is 9.53 Å². The van der Waals surface area contributed by atoms with Gasteiger partial charge in [-0.2, -0.15) is 0 Å². The van der Waals surface area contributed by atoms with Crippen molar-refractivity contribution in [3.8, 4) is 0 Å².